The molecule has 0 aliphatic rings. The Hall–Kier alpha value is -2.68. The molecule has 0 N–H and O–H groups in total. The van der Waals surface area contributed by atoms with Gasteiger partial charge < -0.3 is 4.74 Å². The Labute approximate surface area is 116 Å². The lowest BCUT2D eigenvalue weighted by atomic mass is 10.1. The third kappa shape index (κ3) is 2.83. The van der Waals surface area contributed by atoms with E-state index < -0.39 is 0 Å². The van der Waals surface area contributed by atoms with Crippen LogP contribution in [-0.4, -0.2) is 4.98 Å². The molecule has 0 atom stereocenters. The molecular weight excluding hydrogens is 253 g/mol. The highest BCUT2D eigenvalue weighted by Gasteiger charge is 2.01. The van der Waals surface area contributed by atoms with Gasteiger partial charge in [-0.25, -0.2) is 4.39 Å². The summed E-state index contributed by atoms with van der Waals surface area (Å²) in [5.41, 5.74) is 1.65. The second-order valence-corrected chi connectivity index (χ2v) is 4.33. The minimum absolute atomic E-state index is 0.341. The lowest BCUT2D eigenvalue weighted by Gasteiger charge is -2.06. The molecule has 1 aromatic heterocycles. The first-order valence-electron chi connectivity index (χ1n) is 6.25. The molecule has 0 radical (unpaired) electrons. The molecule has 2 aromatic carbocycles. The fraction of sp³-hybridized carbons (Fsp3) is 0. The second-order valence-electron chi connectivity index (χ2n) is 4.33. The van der Waals surface area contributed by atoms with Gasteiger partial charge in [0.15, 0.2) is 0 Å². The van der Waals surface area contributed by atoms with Crippen LogP contribution in [0.1, 0.15) is 0 Å². The monoisotopic (exact) mass is 265 g/mol. The summed E-state index contributed by atoms with van der Waals surface area (Å²) < 4.78 is 18.8. The summed E-state index contributed by atoms with van der Waals surface area (Å²) in [4.78, 5) is 3.84. The lowest BCUT2D eigenvalue weighted by molar-refractivity contribution is 0.483. The van der Waals surface area contributed by atoms with Gasteiger partial charge in [0.2, 0.25) is 0 Å². The van der Waals surface area contributed by atoms with Gasteiger partial charge >= 0.3 is 0 Å². The molecule has 0 saturated heterocycles. The number of benzene rings is 2. The Kier molecular flexibility index (Phi) is 3.42. The number of aromatic nitrogens is 1. The Balaban J connectivity index is 1.81. The van der Waals surface area contributed by atoms with Crippen LogP contribution >= 0.6 is 0 Å². The average Bonchev–Trinajstić information content (AvgIpc) is 2.49. The van der Waals surface area contributed by atoms with Gasteiger partial charge in [0, 0.05) is 11.8 Å². The van der Waals surface area contributed by atoms with Crippen LogP contribution in [0.2, 0.25) is 0 Å². The van der Waals surface area contributed by atoms with Crippen molar-refractivity contribution in [3.8, 4) is 22.6 Å². The molecule has 0 aliphatic carbocycles. The minimum atomic E-state index is -0.341. The first kappa shape index (κ1) is 12.4. The number of pyridine rings is 1. The largest absolute Gasteiger partial charge is 0.457 e. The van der Waals surface area contributed by atoms with E-state index >= 15 is 0 Å². The number of halogens is 1. The van der Waals surface area contributed by atoms with Crippen LogP contribution in [0.3, 0.4) is 0 Å². The van der Waals surface area contributed by atoms with Crippen molar-refractivity contribution in [3.05, 3.63) is 78.9 Å². The zero-order chi connectivity index (χ0) is 13.8. The van der Waals surface area contributed by atoms with E-state index in [1.54, 1.807) is 6.20 Å². The van der Waals surface area contributed by atoms with Gasteiger partial charge in [0.05, 0.1) is 6.20 Å². The molecule has 98 valence electrons. The maximum atomic E-state index is 13.1. The number of para-hydroxylation sites is 1. The minimum Gasteiger partial charge on any atom is -0.457 e. The molecule has 3 aromatic rings. The smallest absolute Gasteiger partial charge is 0.142 e. The van der Waals surface area contributed by atoms with Gasteiger partial charge in [-0.15, -0.1) is 0 Å². The number of hydrogen-bond acceptors (Lipinski definition) is 2. The molecule has 3 rings (SSSR count). The van der Waals surface area contributed by atoms with Gasteiger partial charge in [0.25, 0.3) is 0 Å². The molecule has 0 fully saturated rings. The molecule has 0 saturated carbocycles. The topological polar surface area (TPSA) is 22.1 Å². The van der Waals surface area contributed by atoms with Crippen molar-refractivity contribution in [1.29, 1.82) is 0 Å². The van der Waals surface area contributed by atoms with E-state index in [1.807, 2.05) is 54.6 Å². The van der Waals surface area contributed by atoms with E-state index in [-0.39, 0.29) is 5.82 Å². The lowest BCUT2D eigenvalue weighted by Crippen LogP contribution is -1.85. The predicted molar refractivity (Wildman–Crippen MR) is 76.1 cm³/mol. The van der Waals surface area contributed by atoms with Gasteiger partial charge in [-0.1, -0.05) is 30.3 Å². The highest BCUT2D eigenvalue weighted by Crippen LogP contribution is 2.25. The van der Waals surface area contributed by atoms with Gasteiger partial charge in [-0.05, 0) is 35.9 Å². The molecular formula is C17H12FNO. The summed E-state index contributed by atoms with van der Waals surface area (Å²) in [7, 11) is 0. The van der Waals surface area contributed by atoms with Crippen molar-refractivity contribution in [2.24, 2.45) is 0 Å². The summed E-state index contributed by atoms with van der Waals surface area (Å²) in [5, 5.41) is 0. The fourth-order valence-corrected chi connectivity index (χ4v) is 1.91. The van der Waals surface area contributed by atoms with Crippen molar-refractivity contribution in [2.75, 3.05) is 0 Å². The van der Waals surface area contributed by atoms with Crippen molar-refractivity contribution in [3.63, 3.8) is 0 Å². The zero-order valence-corrected chi connectivity index (χ0v) is 10.7. The Morgan fingerprint density at radius 1 is 0.750 bits per heavy atom. The number of hydrogen-bond donors (Lipinski definition) is 0. The fourth-order valence-electron chi connectivity index (χ4n) is 1.91. The number of rotatable bonds is 3. The Morgan fingerprint density at radius 3 is 2.15 bits per heavy atom. The summed E-state index contributed by atoms with van der Waals surface area (Å²) >= 11 is 0. The van der Waals surface area contributed by atoms with Crippen LogP contribution in [0, 0.1) is 5.82 Å². The average molecular weight is 265 g/mol. The van der Waals surface area contributed by atoms with Crippen molar-refractivity contribution >= 4 is 0 Å². The molecule has 3 heteroatoms. The molecule has 0 bridgehead atoms. The molecule has 2 nitrogen and oxygen atoms in total. The second kappa shape index (κ2) is 5.53. The van der Waals surface area contributed by atoms with Crippen LogP contribution in [0.5, 0.6) is 11.5 Å². The molecule has 0 spiro atoms. The molecule has 0 aliphatic heterocycles. The van der Waals surface area contributed by atoms with Gasteiger partial charge in [-0.3, -0.25) is 4.98 Å². The summed E-state index contributed by atoms with van der Waals surface area (Å²) in [6.07, 6.45) is 2.83. The molecule has 1 heterocycles. The van der Waals surface area contributed by atoms with E-state index in [0.717, 1.165) is 22.6 Å². The third-order valence-electron chi connectivity index (χ3n) is 2.87. The number of ether oxygens (including phenoxy) is 1. The Morgan fingerprint density at radius 2 is 1.45 bits per heavy atom. The highest BCUT2D eigenvalue weighted by atomic mass is 19.1. The van der Waals surface area contributed by atoms with Crippen LogP contribution < -0.4 is 4.74 Å². The summed E-state index contributed by atoms with van der Waals surface area (Å²) in [6.45, 7) is 0. The van der Waals surface area contributed by atoms with Crippen molar-refractivity contribution in [2.45, 2.75) is 0 Å². The van der Waals surface area contributed by atoms with Gasteiger partial charge in [0.1, 0.15) is 17.3 Å². The first-order chi connectivity index (χ1) is 9.81. The molecule has 20 heavy (non-hydrogen) atoms. The quantitative estimate of drug-likeness (QED) is 0.686. The maximum absolute atomic E-state index is 13.1. The Bertz CT molecular complexity index is 696. The zero-order valence-electron chi connectivity index (χ0n) is 10.7. The SMILES string of the molecule is Fc1cncc(-c2ccc(Oc3ccccc3)cc2)c1. The third-order valence-corrected chi connectivity index (χ3v) is 2.87. The van der Waals surface area contributed by atoms with Crippen LogP contribution in [-0.2, 0) is 0 Å². The van der Waals surface area contributed by atoms with E-state index in [1.165, 1.54) is 12.3 Å². The van der Waals surface area contributed by atoms with Gasteiger partial charge in [-0.2, -0.15) is 0 Å². The number of nitrogens with zero attached hydrogens (tertiary/aromatic N) is 1. The van der Waals surface area contributed by atoms with Crippen LogP contribution in [0.4, 0.5) is 4.39 Å². The van der Waals surface area contributed by atoms with E-state index in [9.17, 15) is 4.39 Å². The van der Waals surface area contributed by atoms with Crippen molar-refractivity contribution in [1.82, 2.24) is 4.98 Å². The summed E-state index contributed by atoms with van der Waals surface area (Å²) in [5.74, 6) is 1.18. The van der Waals surface area contributed by atoms with Crippen LogP contribution in [0.25, 0.3) is 11.1 Å². The summed E-state index contributed by atoms with van der Waals surface area (Å²) in [6, 6.07) is 18.5. The maximum Gasteiger partial charge on any atom is 0.142 e. The normalized spacial score (nSPS) is 10.2. The van der Waals surface area contributed by atoms with E-state index in [4.69, 9.17) is 4.74 Å². The predicted octanol–water partition coefficient (Wildman–Crippen LogP) is 4.68. The molecule has 0 amide bonds. The van der Waals surface area contributed by atoms with E-state index in [0.29, 0.717) is 0 Å². The van der Waals surface area contributed by atoms with Crippen LogP contribution in [0.15, 0.2) is 73.1 Å². The first-order valence-corrected chi connectivity index (χ1v) is 6.25. The van der Waals surface area contributed by atoms with E-state index in [2.05, 4.69) is 4.98 Å². The van der Waals surface area contributed by atoms with Crippen molar-refractivity contribution < 1.29 is 9.13 Å². The standard InChI is InChI=1S/C17H12FNO/c18-15-10-14(11-19-12-15)13-6-8-17(9-7-13)20-16-4-2-1-3-5-16/h1-12H. The highest BCUT2D eigenvalue weighted by molar-refractivity contribution is 5.63. The molecule has 0 unspecified atom stereocenters.